The SMILES string of the molecule is COc1cccc(C(=O)NCCN2C(C)Cc3ccsc3C2C)c1. The topological polar surface area (TPSA) is 41.6 Å². The van der Waals surface area contributed by atoms with Crippen molar-refractivity contribution in [1.82, 2.24) is 10.2 Å². The number of fused-ring (bicyclic) bond motifs is 1. The highest BCUT2D eigenvalue weighted by atomic mass is 32.1. The molecular weight excluding hydrogens is 320 g/mol. The van der Waals surface area contributed by atoms with Gasteiger partial charge in [0.2, 0.25) is 0 Å². The second-order valence-electron chi connectivity index (χ2n) is 6.26. The van der Waals surface area contributed by atoms with Gasteiger partial charge in [-0.15, -0.1) is 11.3 Å². The first kappa shape index (κ1) is 17.0. The first-order valence-electron chi connectivity index (χ1n) is 8.34. The molecule has 0 spiro atoms. The summed E-state index contributed by atoms with van der Waals surface area (Å²) in [4.78, 5) is 16.2. The van der Waals surface area contributed by atoms with Gasteiger partial charge in [0.25, 0.3) is 5.91 Å². The highest BCUT2D eigenvalue weighted by Gasteiger charge is 2.29. The first-order chi connectivity index (χ1) is 11.6. The molecule has 2 aromatic rings. The lowest BCUT2D eigenvalue weighted by atomic mass is 9.97. The lowest BCUT2D eigenvalue weighted by molar-refractivity contribution is 0.0930. The Kier molecular flexibility index (Phi) is 5.21. The van der Waals surface area contributed by atoms with Crippen LogP contribution in [0.15, 0.2) is 35.7 Å². The number of carbonyl (C=O) groups is 1. The summed E-state index contributed by atoms with van der Waals surface area (Å²) in [6.45, 7) is 6.02. The fourth-order valence-electron chi connectivity index (χ4n) is 3.43. The minimum absolute atomic E-state index is 0.0528. The number of ether oxygens (including phenoxy) is 1. The summed E-state index contributed by atoms with van der Waals surface area (Å²) < 4.78 is 5.17. The molecule has 128 valence electrons. The van der Waals surface area contributed by atoms with Crippen molar-refractivity contribution < 1.29 is 9.53 Å². The molecule has 1 aromatic heterocycles. The minimum atomic E-state index is -0.0528. The van der Waals surface area contributed by atoms with Gasteiger partial charge >= 0.3 is 0 Å². The van der Waals surface area contributed by atoms with Gasteiger partial charge in [0, 0.05) is 35.6 Å². The highest BCUT2D eigenvalue weighted by molar-refractivity contribution is 7.10. The molecule has 1 aliphatic rings. The third-order valence-corrected chi connectivity index (χ3v) is 5.86. The standard InChI is InChI=1S/C19H24N2O2S/c1-13-11-15-7-10-24-18(15)14(2)21(13)9-8-20-19(22)16-5-4-6-17(12-16)23-3/h4-7,10,12-14H,8-9,11H2,1-3H3,(H,20,22). The molecule has 0 fully saturated rings. The molecule has 1 aliphatic heterocycles. The maximum Gasteiger partial charge on any atom is 0.251 e. The molecule has 0 aliphatic carbocycles. The molecule has 0 bridgehead atoms. The van der Waals surface area contributed by atoms with Crippen LogP contribution in [0.25, 0.3) is 0 Å². The van der Waals surface area contributed by atoms with E-state index < -0.39 is 0 Å². The molecule has 0 radical (unpaired) electrons. The van der Waals surface area contributed by atoms with Crippen LogP contribution in [0.4, 0.5) is 0 Å². The molecule has 24 heavy (non-hydrogen) atoms. The lowest BCUT2D eigenvalue weighted by Crippen LogP contribution is -2.44. The number of nitrogens with zero attached hydrogens (tertiary/aromatic N) is 1. The van der Waals surface area contributed by atoms with E-state index in [0.29, 0.717) is 29.9 Å². The first-order valence-corrected chi connectivity index (χ1v) is 9.22. The van der Waals surface area contributed by atoms with Gasteiger partial charge in [0.05, 0.1) is 7.11 Å². The number of methoxy groups -OCH3 is 1. The molecule has 5 heteroatoms. The second kappa shape index (κ2) is 7.36. The van der Waals surface area contributed by atoms with Crippen molar-refractivity contribution in [2.24, 2.45) is 0 Å². The van der Waals surface area contributed by atoms with Gasteiger partial charge in [-0.3, -0.25) is 9.69 Å². The minimum Gasteiger partial charge on any atom is -0.497 e. The van der Waals surface area contributed by atoms with Crippen molar-refractivity contribution in [3.8, 4) is 5.75 Å². The third kappa shape index (κ3) is 3.47. The highest BCUT2D eigenvalue weighted by Crippen LogP contribution is 2.35. The third-order valence-electron chi connectivity index (χ3n) is 4.73. The van der Waals surface area contributed by atoms with E-state index in [1.54, 1.807) is 13.2 Å². The van der Waals surface area contributed by atoms with Crippen molar-refractivity contribution >= 4 is 17.2 Å². The number of nitrogens with one attached hydrogen (secondary N) is 1. The average molecular weight is 344 g/mol. The number of rotatable bonds is 5. The summed E-state index contributed by atoms with van der Waals surface area (Å²) in [5.41, 5.74) is 2.12. The van der Waals surface area contributed by atoms with E-state index in [9.17, 15) is 4.79 Å². The van der Waals surface area contributed by atoms with Crippen molar-refractivity contribution in [2.45, 2.75) is 32.4 Å². The molecule has 2 unspecified atom stereocenters. The van der Waals surface area contributed by atoms with Gasteiger partial charge in [-0.25, -0.2) is 0 Å². The van der Waals surface area contributed by atoms with E-state index in [4.69, 9.17) is 4.74 Å². The molecule has 4 nitrogen and oxygen atoms in total. The van der Waals surface area contributed by atoms with E-state index in [0.717, 1.165) is 13.0 Å². The van der Waals surface area contributed by atoms with E-state index >= 15 is 0 Å². The van der Waals surface area contributed by atoms with Crippen LogP contribution in [-0.4, -0.2) is 37.0 Å². The van der Waals surface area contributed by atoms with E-state index in [1.165, 1.54) is 10.4 Å². The smallest absolute Gasteiger partial charge is 0.251 e. The zero-order valence-electron chi connectivity index (χ0n) is 14.4. The number of hydrogen-bond acceptors (Lipinski definition) is 4. The van der Waals surface area contributed by atoms with Crippen LogP contribution >= 0.6 is 11.3 Å². The van der Waals surface area contributed by atoms with Gasteiger partial charge < -0.3 is 10.1 Å². The van der Waals surface area contributed by atoms with Gasteiger partial charge in [0.15, 0.2) is 0 Å². The van der Waals surface area contributed by atoms with Gasteiger partial charge in [-0.1, -0.05) is 6.07 Å². The Hall–Kier alpha value is -1.85. The quantitative estimate of drug-likeness (QED) is 0.903. The molecule has 1 amide bonds. The van der Waals surface area contributed by atoms with Crippen molar-refractivity contribution in [2.75, 3.05) is 20.2 Å². The summed E-state index contributed by atoms with van der Waals surface area (Å²) in [7, 11) is 1.61. The zero-order valence-corrected chi connectivity index (χ0v) is 15.2. The Morgan fingerprint density at radius 3 is 3.00 bits per heavy atom. The zero-order chi connectivity index (χ0) is 17.1. The summed E-state index contributed by atoms with van der Waals surface area (Å²) in [6, 6.07) is 10.4. The number of hydrogen-bond donors (Lipinski definition) is 1. The van der Waals surface area contributed by atoms with E-state index in [1.807, 2.05) is 29.5 Å². The van der Waals surface area contributed by atoms with E-state index in [2.05, 4.69) is 35.5 Å². The van der Waals surface area contributed by atoms with Crippen LogP contribution in [0.1, 0.15) is 40.7 Å². The molecule has 3 rings (SSSR count). The van der Waals surface area contributed by atoms with Crippen LogP contribution in [0.2, 0.25) is 0 Å². The van der Waals surface area contributed by atoms with Crippen molar-refractivity contribution in [1.29, 1.82) is 0 Å². The fraction of sp³-hybridized carbons (Fsp3) is 0.421. The van der Waals surface area contributed by atoms with Gasteiger partial charge in [-0.05, 0) is 55.5 Å². The summed E-state index contributed by atoms with van der Waals surface area (Å²) >= 11 is 1.84. The maximum absolute atomic E-state index is 12.3. The van der Waals surface area contributed by atoms with Crippen LogP contribution in [0.3, 0.4) is 0 Å². The van der Waals surface area contributed by atoms with Crippen molar-refractivity contribution in [3.05, 3.63) is 51.7 Å². The Morgan fingerprint density at radius 1 is 1.38 bits per heavy atom. The Bertz CT molecular complexity index is 713. The summed E-state index contributed by atoms with van der Waals surface area (Å²) in [5.74, 6) is 0.647. The number of amides is 1. The van der Waals surface area contributed by atoms with E-state index in [-0.39, 0.29) is 5.91 Å². The van der Waals surface area contributed by atoms with Crippen LogP contribution in [0, 0.1) is 0 Å². The number of carbonyl (C=O) groups excluding carboxylic acids is 1. The van der Waals surface area contributed by atoms with Crippen LogP contribution in [0.5, 0.6) is 5.75 Å². The molecule has 1 N–H and O–H groups in total. The normalized spacial score (nSPS) is 20.5. The Morgan fingerprint density at radius 2 is 2.21 bits per heavy atom. The maximum atomic E-state index is 12.3. The molecule has 1 aromatic carbocycles. The largest absolute Gasteiger partial charge is 0.497 e. The van der Waals surface area contributed by atoms with Crippen molar-refractivity contribution in [3.63, 3.8) is 0 Å². The molecule has 0 saturated carbocycles. The van der Waals surface area contributed by atoms with Gasteiger partial charge in [-0.2, -0.15) is 0 Å². The number of thiophene rings is 1. The van der Waals surface area contributed by atoms with Gasteiger partial charge in [0.1, 0.15) is 5.75 Å². The second-order valence-corrected chi connectivity index (χ2v) is 7.21. The Labute approximate surface area is 147 Å². The predicted octanol–water partition coefficient (Wildman–Crippen LogP) is 3.49. The molecule has 2 atom stereocenters. The summed E-state index contributed by atoms with van der Waals surface area (Å²) in [6.07, 6.45) is 1.09. The molecule has 2 heterocycles. The average Bonchev–Trinajstić information content (AvgIpc) is 3.06. The predicted molar refractivity (Wildman–Crippen MR) is 97.9 cm³/mol. The monoisotopic (exact) mass is 344 g/mol. The van der Waals surface area contributed by atoms with Crippen LogP contribution in [-0.2, 0) is 6.42 Å². The lowest BCUT2D eigenvalue weighted by Gasteiger charge is -2.38. The summed E-state index contributed by atoms with van der Waals surface area (Å²) in [5, 5.41) is 5.21. The molecular formula is C19H24N2O2S. The molecule has 0 saturated heterocycles. The Balaban J connectivity index is 1.57. The fourth-order valence-corrected chi connectivity index (χ4v) is 4.44. The van der Waals surface area contributed by atoms with Crippen LogP contribution < -0.4 is 10.1 Å². The number of benzene rings is 1.